The van der Waals surface area contributed by atoms with Gasteiger partial charge in [-0.05, 0) is 5.56 Å². The number of carbonyl (C=O) groups is 1. The molecule has 1 aliphatic rings. The number of aliphatic hydroxyl groups excluding tert-OH is 1. The lowest BCUT2D eigenvalue weighted by Gasteiger charge is -2.14. The Morgan fingerprint density at radius 3 is 2.77 bits per heavy atom. The Hall–Kier alpha value is -1.41. The molecule has 0 saturated carbocycles. The lowest BCUT2D eigenvalue weighted by Crippen LogP contribution is -2.35. The van der Waals surface area contributed by atoms with Crippen LogP contribution < -0.4 is 10.6 Å². The standard InChI is InChI=1S/C13H16ClN3O4.ClH/c14-11-4-10(17(20)21)2-1-8(11)3-13(19)16-6-9-5-15-7-12(9)18;/h1-2,4,9,12,15,18H,3,5-7H2,(H,16,19);1H. The van der Waals surface area contributed by atoms with Crippen molar-refractivity contribution in [2.24, 2.45) is 5.92 Å². The van der Waals surface area contributed by atoms with E-state index in [1.54, 1.807) is 0 Å². The summed E-state index contributed by atoms with van der Waals surface area (Å²) in [5.41, 5.74) is 0.425. The van der Waals surface area contributed by atoms with Gasteiger partial charge in [0.05, 0.1) is 22.5 Å². The first kappa shape index (κ1) is 18.6. The molecule has 9 heteroatoms. The third-order valence-corrected chi connectivity index (χ3v) is 3.82. The maximum atomic E-state index is 11.8. The van der Waals surface area contributed by atoms with E-state index in [2.05, 4.69) is 10.6 Å². The molecule has 1 saturated heterocycles. The van der Waals surface area contributed by atoms with E-state index in [-0.39, 0.29) is 41.4 Å². The van der Waals surface area contributed by atoms with Crippen LogP contribution in [0.4, 0.5) is 5.69 Å². The summed E-state index contributed by atoms with van der Waals surface area (Å²) in [5, 5.41) is 26.2. The van der Waals surface area contributed by atoms with Gasteiger partial charge in [-0.3, -0.25) is 14.9 Å². The summed E-state index contributed by atoms with van der Waals surface area (Å²) >= 11 is 5.93. The van der Waals surface area contributed by atoms with Crippen LogP contribution in [0.15, 0.2) is 18.2 Å². The molecule has 1 aliphatic heterocycles. The third-order valence-electron chi connectivity index (χ3n) is 3.46. The molecule has 0 aromatic heterocycles. The zero-order valence-electron chi connectivity index (χ0n) is 11.6. The van der Waals surface area contributed by atoms with Gasteiger partial charge in [0.2, 0.25) is 5.91 Å². The molecule has 22 heavy (non-hydrogen) atoms. The second kappa shape index (κ2) is 8.28. The average Bonchev–Trinajstić information content (AvgIpc) is 2.84. The van der Waals surface area contributed by atoms with Crippen LogP contribution in [0.2, 0.25) is 5.02 Å². The Balaban J connectivity index is 0.00000242. The smallest absolute Gasteiger partial charge is 0.270 e. The number of hydrogen-bond donors (Lipinski definition) is 3. The van der Waals surface area contributed by atoms with Crippen molar-refractivity contribution in [3.05, 3.63) is 38.9 Å². The first-order valence-electron chi connectivity index (χ1n) is 6.55. The van der Waals surface area contributed by atoms with E-state index in [1.807, 2.05) is 0 Å². The van der Waals surface area contributed by atoms with Gasteiger partial charge in [-0.15, -0.1) is 12.4 Å². The predicted octanol–water partition coefficient (Wildman–Crippen LogP) is 0.909. The number of non-ortho nitro benzene ring substituents is 1. The molecule has 2 unspecified atom stereocenters. The molecule has 0 radical (unpaired) electrons. The SMILES string of the molecule is Cl.O=C(Cc1ccc([N+](=O)[O-])cc1Cl)NCC1CNCC1O. The summed E-state index contributed by atoms with van der Waals surface area (Å²) in [7, 11) is 0. The van der Waals surface area contributed by atoms with Gasteiger partial charge in [-0.25, -0.2) is 0 Å². The number of nitrogens with one attached hydrogen (secondary N) is 2. The third kappa shape index (κ3) is 4.81. The molecule has 1 fully saturated rings. The number of nitro groups is 1. The molecule has 2 rings (SSSR count). The van der Waals surface area contributed by atoms with Crippen LogP contribution in [-0.2, 0) is 11.2 Å². The number of nitro benzene ring substituents is 1. The highest BCUT2D eigenvalue weighted by Crippen LogP contribution is 2.22. The van der Waals surface area contributed by atoms with Gasteiger partial charge in [0, 0.05) is 37.7 Å². The van der Waals surface area contributed by atoms with Gasteiger partial charge in [-0.2, -0.15) is 0 Å². The minimum atomic E-state index is -0.537. The number of nitrogens with zero attached hydrogens (tertiary/aromatic N) is 1. The van der Waals surface area contributed by atoms with E-state index >= 15 is 0 Å². The van der Waals surface area contributed by atoms with Crippen molar-refractivity contribution in [1.29, 1.82) is 0 Å². The van der Waals surface area contributed by atoms with Gasteiger partial charge in [0.1, 0.15) is 0 Å². The Labute approximate surface area is 138 Å². The normalized spacial score (nSPS) is 20.3. The predicted molar refractivity (Wildman–Crippen MR) is 84.4 cm³/mol. The monoisotopic (exact) mass is 349 g/mol. The maximum Gasteiger partial charge on any atom is 0.270 e. The Morgan fingerprint density at radius 2 is 2.23 bits per heavy atom. The minimum absolute atomic E-state index is 0. The lowest BCUT2D eigenvalue weighted by molar-refractivity contribution is -0.384. The lowest BCUT2D eigenvalue weighted by atomic mass is 10.1. The van der Waals surface area contributed by atoms with Crippen LogP contribution in [-0.4, -0.2) is 41.7 Å². The zero-order valence-corrected chi connectivity index (χ0v) is 13.2. The molecule has 1 aromatic rings. The van der Waals surface area contributed by atoms with Crippen molar-refractivity contribution in [2.45, 2.75) is 12.5 Å². The molecule has 0 bridgehead atoms. The molecule has 1 amide bonds. The van der Waals surface area contributed by atoms with E-state index in [9.17, 15) is 20.0 Å². The van der Waals surface area contributed by atoms with Gasteiger partial charge in [0.15, 0.2) is 0 Å². The molecule has 1 aromatic carbocycles. The first-order valence-corrected chi connectivity index (χ1v) is 6.93. The van der Waals surface area contributed by atoms with E-state index < -0.39 is 11.0 Å². The number of benzene rings is 1. The van der Waals surface area contributed by atoms with Crippen LogP contribution in [0.1, 0.15) is 5.56 Å². The van der Waals surface area contributed by atoms with Crippen molar-refractivity contribution in [3.63, 3.8) is 0 Å². The van der Waals surface area contributed by atoms with Crippen LogP contribution in [0, 0.1) is 16.0 Å². The summed E-state index contributed by atoms with van der Waals surface area (Å²) < 4.78 is 0. The molecule has 2 atom stereocenters. The van der Waals surface area contributed by atoms with Crippen LogP contribution in [0.25, 0.3) is 0 Å². The first-order chi connectivity index (χ1) is 9.97. The molecule has 122 valence electrons. The highest BCUT2D eigenvalue weighted by Gasteiger charge is 2.25. The van der Waals surface area contributed by atoms with Crippen molar-refractivity contribution in [3.8, 4) is 0 Å². The van der Waals surface area contributed by atoms with E-state index in [4.69, 9.17) is 11.6 Å². The largest absolute Gasteiger partial charge is 0.391 e. The molecule has 1 heterocycles. The maximum absolute atomic E-state index is 11.8. The quantitative estimate of drug-likeness (QED) is 0.541. The summed E-state index contributed by atoms with van der Waals surface area (Å²) in [6, 6.07) is 4.03. The summed E-state index contributed by atoms with van der Waals surface area (Å²) in [6.45, 7) is 1.59. The molecule has 7 nitrogen and oxygen atoms in total. The number of halogens is 2. The topological polar surface area (TPSA) is 104 Å². The zero-order chi connectivity index (χ0) is 15.4. The summed E-state index contributed by atoms with van der Waals surface area (Å²) in [6.07, 6.45) is -0.402. The van der Waals surface area contributed by atoms with Gasteiger partial charge >= 0.3 is 0 Å². The van der Waals surface area contributed by atoms with E-state index in [0.717, 1.165) is 0 Å². The Kier molecular flexibility index (Phi) is 7.02. The summed E-state index contributed by atoms with van der Waals surface area (Å²) in [5.74, 6) is -0.230. The number of carbonyl (C=O) groups excluding carboxylic acids is 1. The second-order valence-corrected chi connectivity index (χ2v) is 5.41. The average molecular weight is 350 g/mol. The fourth-order valence-electron chi connectivity index (χ4n) is 2.20. The Morgan fingerprint density at radius 1 is 1.50 bits per heavy atom. The molecular formula is C13H17Cl2N3O4. The van der Waals surface area contributed by atoms with Crippen molar-refractivity contribution >= 4 is 35.6 Å². The van der Waals surface area contributed by atoms with E-state index in [1.165, 1.54) is 18.2 Å². The number of hydrogen-bond acceptors (Lipinski definition) is 5. The molecule has 3 N–H and O–H groups in total. The van der Waals surface area contributed by atoms with Crippen LogP contribution in [0.5, 0.6) is 0 Å². The van der Waals surface area contributed by atoms with Crippen molar-refractivity contribution < 1.29 is 14.8 Å². The number of β-amino-alcohol motifs (C(OH)–C–C–N with tert-alkyl or cyclic N) is 1. The molecule has 0 aliphatic carbocycles. The number of rotatable bonds is 5. The summed E-state index contributed by atoms with van der Waals surface area (Å²) in [4.78, 5) is 21.9. The van der Waals surface area contributed by atoms with Gasteiger partial charge in [0.25, 0.3) is 5.69 Å². The minimum Gasteiger partial charge on any atom is -0.391 e. The number of aliphatic hydroxyl groups is 1. The highest BCUT2D eigenvalue weighted by molar-refractivity contribution is 6.31. The molecular weight excluding hydrogens is 333 g/mol. The van der Waals surface area contributed by atoms with Crippen molar-refractivity contribution in [1.82, 2.24) is 10.6 Å². The highest BCUT2D eigenvalue weighted by atomic mass is 35.5. The molecule has 0 spiro atoms. The van der Waals surface area contributed by atoms with Crippen LogP contribution >= 0.6 is 24.0 Å². The van der Waals surface area contributed by atoms with E-state index in [0.29, 0.717) is 25.2 Å². The van der Waals surface area contributed by atoms with Gasteiger partial charge < -0.3 is 15.7 Å². The van der Waals surface area contributed by atoms with Gasteiger partial charge in [-0.1, -0.05) is 17.7 Å². The second-order valence-electron chi connectivity index (χ2n) is 5.00. The van der Waals surface area contributed by atoms with Crippen molar-refractivity contribution in [2.75, 3.05) is 19.6 Å². The Bertz CT molecular complexity index is 556. The fraction of sp³-hybridized carbons (Fsp3) is 0.462. The fourth-order valence-corrected chi connectivity index (χ4v) is 2.44. The number of amides is 1. The van der Waals surface area contributed by atoms with Crippen LogP contribution in [0.3, 0.4) is 0 Å².